The van der Waals surface area contributed by atoms with E-state index in [1.54, 1.807) is 5.32 Å². The summed E-state index contributed by atoms with van der Waals surface area (Å²) in [5.74, 6) is 3.77. The lowest BCUT2D eigenvalue weighted by Gasteiger charge is -2.08. The van der Waals surface area contributed by atoms with Gasteiger partial charge < -0.3 is 10.4 Å². The van der Waals surface area contributed by atoms with Crippen molar-refractivity contribution in [3.63, 3.8) is 0 Å². The summed E-state index contributed by atoms with van der Waals surface area (Å²) in [5.41, 5.74) is -0.0473. The van der Waals surface area contributed by atoms with Gasteiger partial charge in [-0.2, -0.15) is 13.2 Å². The Morgan fingerprint density at radius 3 is 2.83 bits per heavy atom. The lowest BCUT2D eigenvalue weighted by atomic mass is 10.2. The normalized spacial score (nSPS) is 10.4. The highest BCUT2D eigenvalue weighted by molar-refractivity contribution is 5.94. The van der Waals surface area contributed by atoms with Gasteiger partial charge in [-0.05, 0) is 12.1 Å². The number of aliphatic hydroxyl groups is 1. The fraction of sp³-hybridized carbons (Fsp3) is 0.273. The molecule has 1 amide bonds. The van der Waals surface area contributed by atoms with E-state index in [4.69, 9.17) is 5.11 Å². The fourth-order valence-electron chi connectivity index (χ4n) is 1.09. The molecule has 1 rings (SSSR count). The molecule has 0 spiro atoms. The molecule has 0 aromatic carbocycles. The zero-order valence-corrected chi connectivity index (χ0v) is 9.08. The molecule has 0 unspecified atom stereocenters. The monoisotopic (exact) mass is 258 g/mol. The van der Waals surface area contributed by atoms with E-state index in [2.05, 4.69) is 16.8 Å². The van der Waals surface area contributed by atoms with Gasteiger partial charge in [0.15, 0.2) is 0 Å². The molecular formula is C11H9F3N2O2. The molecule has 1 aromatic rings. The third-order valence-corrected chi connectivity index (χ3v) is 1.77. The van der Waals surface area contributed by atoms with Crippen LogP contribution in [-0.2, 0) is 0 Å². The van der Waals surface area contributed by atoms with E-state index in [9.17, 15) is 18.0 Å². The Balaban J connectivity index is 2.85. The number of carbonyl (C=O) groups is 1. The summed E-state index contributed by atoms with van der Waals surface area (Å²) in [7, 11) is 0. The van der Waals surface area contributed by atoms with Crippen LogP contribution in [0.3, 0.4) is 0 Å². The molecule has 18 heavy (non-hydrogen) atoms. The Morgan fingerprint density at radius 1 is 1.50 bits per heavy atom. The standard InChI is InChI=1S/C11H9F3N2O2/c12-11(13,14)7-16-10(18)9-8(4-2-6-17)3-1-5-15-9/h1,3,5,17H,6-7H2,(H,16,18). The van der Waals surface area contributed by atoms with Gasteiger partial charge in [-0.3, -0.25) is 4.79 Å². The van der Waals surface area contributed by atoms with Crippen molar-refractivity contribution in [3.8, 4) is 11.8 Å². The number of pyridine rings is 1. The minimum Gasteiger partial charge on any atom is -0.384 e. The molecule has 0 aliphatic rings. The number of nitrogens with zero attached hydrogens (tertiary/aromatic N) is 1. The molecule has 0 fully saturated rings. The number of aromatic nitrogens is 1. The average molecular weight is 258 g/mol. The summed E-state index contributed by atoms with van der Waals surface area (Å²) in [5, 5.41) is 10.2. The maximum Gasteiger partial charge on any atom is 0.405 e. The van der Waals surface area contributed by atoms with Gasteiger partial charge in [0.05, 0.1) is 5.56 Å². The molecule has 0 atom stereocenters. The highest BCUT2D eigenvalue weighted by Gasteiger charge is 2.28. The van der Waals surface area contributed by atoms with Crippen molar-refractivity contribution in [1.29, 1.82) is 0 Å². The van der Waals surface area contributed by atoms with Gasteiger partial charge in [-0.1, -0.05) is 11.8 Å². The number of alkyl halides is 3. The number of hydrogen-bond acceptors (Lipinski definition) is 3. The van der Waals surface area contributed by atoms with Crippen molar-refractivity contribution >= 4 is 5.91 Å². The van der Waals surface area contributed by atoms with Crippen molar-refractivity contribution in [3.05, 3.63) is 29.6 Å². The first-order valence-corrected chi connectivity index (χ1v) is 4.84. The number of nitrogens with one attached hydrogen (secondary N) is 1. The Hall–Kier alpha value is -2.07. The maximum absolute atomic E-state index is 11.9. The summed E-state index contributed by atoms with van der Waals surface area (Å²) in [4.78, 5) is 15.1. The van der Waals surface area contributed by atoms with Crippen molar-refractivity contribution in [2.24, 2.45) is 0 Å². The van der Waals surface area contributed by atoms with Crippen molar-refractivity contribution in [2.45, 2.75) is 6.18 Å². The van der Waals surface area contributed by atoms with Gasteiger partial charge in [-0.15, -0.1) is 0 Å². The van der Waals surface area contributed by atoms with Gasteiger partial charge in [0.2, 0.25) is 0 Å². The second-order valence-electron chi connectivity index (χ2n) is 3.16. The molecule has 0 aliphatic carbocycles. The number of amides is 1. The molecule has 2 N–H and O–H groups in total. The molecule has 0 saturated heterocycles. The van der Waals surface area contributed by atoms with Crippen LogP contribution in [0.25, 0.3) is 0 Å². The summed E-state index contributed by atoms with van der Waals surface area (Å²) >= 11 is 0. The topological polar surface area (TPSA) is 62.2 Å². The quantitative estimate of drug-likeness (QED) is 0.768. The van der Waals surface area contributed by atoms with E-state index in [0.717, 1.165) is 0 Å². The number of rotatable bonds is 2. The Kier molecular flexibility index (Phi) is 4.68. The zero-order chi connectivity index (χ0) is 13.6. The van der Waals surface area contributed by atoms with Crippen LogP contribution < -0.4 is 5.32 Å². The number of halogens is 3. The van der Waals surface area contributed by atoms with Gasteiger partial charge in [-0.25, -0.2) is 4.98 Å². The number of aliphatic hydroxyl groups excluding tert-OH is 1. The van der Waals surface area contributed by atoms with E-state index >= 15 is 0 Å². The molecule has 1 heterocycles. The first-order chi connectivity index (χ1) is 8.44. The van der Waals surface area contributed by atoms with E-state index in [-0.39, 0.29) is 11.3 Å². The summed E-state index contributed by atoms with van der Waals surface area (Å²) in [6.07, 6.45) is -3.21. The molecule has 0 bridgehead atoms. The van der Waals surface area contributed by atoms with Crippen molar-refractivity contribution in [2.75, 3.05) is 13.2 Å². The minimum atomic E-state index is -4.48. The third kappa shape index (κ3) is 4.43. The van der Waals surface area contributed by atoms with E-state index in [1.165, 1.54) is 18.3 Å². The molecule has 96 valence electrons. The van der Waals surface area contributed by atoms with E-state index in [0.29, 0.717) is 0 Å². The second kappa shape index (κ2) is 6.02. The maximum atomic E-state index is 11.9. The smallest absolute Gasteiger partial charge is 0.384 e. The molecule has 1 aromatic heterocycles. The van der Waals surface area contributed by atoms with Crippen LogP contribution in [0.2, 0.25) is 0 Å². The van der Waals surface area contributed by atoms with E-state index in [1.807, 2.05) is 0 Å². The van der Waals surface area contributed by atoms with Crippen LogP contribution >= 0.6 is 0 Å². The molecule has 0 radical (unpaired) electrons. The van der Waals surface area contributed by atoms with Crippen molar-refractivity contribution < 1.29 is 23.1 Å². The van der Waals surface area contributed by atoms with Crippen LogP contribution in [0.5, 0.6) is 0 Å². The Morgan fingerprint density at radius 2 is 2.22 bits per heavy atom. The highest BCUT2D eigenvalue weighted by atomic mass is 19.4. The summed E-state index contributed by atoms with van der Waals surface area (Å²) < 4.78 is 35.8. The average Bonchev–Trinajstić information content (AvgIpc) is 2.33. The first-order valence-electron chi connectivity index (χ1n) is 4.84. The van der Waals surface area contributed by atoms with Crippen LogP contribution in [0, 0.1) is 11.8 Å². The minimum absolute atomic E-state index is 0.159. The van der Waals surface area contributed by atoms with Gasteiger partial charge in [0.1, 0.15) is 18.8 Å². The molecule has 0 aliphatic heterocycles. The first kappa shape index (κ1) is 14.0. The van der Waals surface area contributed by atoms with Gasteiger partial charge >= 0.3 is 6.18 Å². The Bertz CT molecular complexity index is 489. The molecule has 0 saturated carbocycles. The predicted molar refractivity (Wildman–Crippen MR) is 56.6 cm³/mol. The van der Waals surface area contributed by atoms with Crippen LogP contribution in [0.1, 0.15) is 16.1 Å². The summed E-state index contributed by atoms with van der Waals surface area (Å²) in [6, 6.07) is 2.92. The molecular weight excluding hydrogens is 249 g/mol. The zero-order valence-electron chi connectivity index (χ0n) is 9.08. The third-order valence-electron chi connectivity index (χ3n) is 1.77. The molecule has 7 heteroatoms. The highest BCUT2D eigenvalue weighted by Crippen LogP contribution is 2.13. The summed E-state index contributed by atoms with van der Waals surface area (Å²) in [6.45, 7) is -1.85. The second-order valence-corrected chi connectivity index (χ2v) is 3.16. The van der Waals surface area contributed by atoms with E-state index < -0.39 is 25.2 Å². The number of carbonyl (C=O) groups excluding carboxylic acids is 1. The fourth-order valence-corrected chi connectivity index (χ4v) is 1.09. The Labute approximate surface area is 101 Å². The lowest BCUT2D eigenvalue weighted by Crippen LogP contribution is -2.34. The lowest BCUT2D eigenvalue weighted by molar-refractivity contribution is -0.123. The van der Waals surface area contributed by atoms with Crippen LogP contribution in [-0.4, -0.2) is 35.3 Å². The van der Waals surface area contributed by atoms with Crippen LogP contribution in [0.4, 0.5) is 13.2 Å². The van der Waals surface area contributed by atoms with Crippen LogP contribution in [0.15, 0.2) is 18.3 Å². The SMILES string of the molecule is O=C(NCC(F)(F)F)c1ncccc1C#CCO. The largest absolute Gasteiger partial charge is 0.405 e. The van der Waals surface area contributed by atoms with Gasteiger partial charge in [0, 0.05) is 6.20 Å². The number of hydrogen-bond donors (Lipinski definition) is 2. The van der Waals surface area contributed by atoms with Crippen molar-refractivity contribution in [1.82, 2.24) is 10.3 Å². The van der Waals surface area contributed by atoms with Gasteiger partial charge in [0.25, 0.3) is 5.91 Å². The predicted octanol–water partition coefficient (Wildman–Crippen LogP) is 0.718. The molecule has 4 nitrogen and oxygen atoms in total.